The molecule has 0 unspecified atom stereocenters. The first-order valence-corrected chi connectivity index (χ1v) is 7.68. The molecule has 2 N–H and O–H groups in total. The molecule has 2 aromatic rings. The molecular weight excluding hydrogens is 268 g/mol. The number of thiazole rings is 1. The Labute approximate surface area is 124 Å². The van der Waals surface area contributed by atoms with Crippen LogP contribution in [-0.4, -0.2) is 4.98 Å². The van der Waals surface area contributed by atoms with E-state index >= 15 is 0 Å². The normalized spacial score (nSPS) is 13.2. The van der Waals surface area contributed by atoms with Gasteiger partial charge in [-0.15, -0.1) is 11.3 Å². The summed E-state index contributed by atoms with van der Waals surface area (Å²) in [5.74, 6) is 0.843. The van der Waals surface area contributed by atoms with Gasteiger partial charge < -0.3 is 10.5 Å². The second-order valence-electron chi connectivity index (χ2n) is 5.99. The number of para-hydroxylation sites is 1. The lowest BCUT2D eigenvalue weighted by molar-refractivity contribution is 0.300. The smallest absolute Gasteiger partial charge is 0.140 e. The number of benzene rings is 1. The van der Waals surface area contributed by atoms with Gasteiger partial charge in [0.25, 0.3) is 0 Å². The van der Waals surface area contributed by atoms with Crippen molar-refractivity contribution >= 4 is 11.3 Å². The summed E-state index contributed by atoms with van der Waals surface area (Å²) in [4.78, 5) is 4.63. The van der Waals surface area contributed by atoms with Crippen LogP contribution in [0.25, 0.3) is 0 Å². The first kappa shape index (κ1) is 15.0. The molecule has 20 heavy (non-hydrogen) atoms. The van der Waals surface area contributed by atoms with Crippen LogP contribution in [0.1, 0.15) is 50.0 Å². The number of hydrogen-bond acceptors (Lipinski definition) is 4. The number of aromatic nitrogens is 1. The quantitative estimate of drug-likeness (QED) is 0.924. The van der Waals surface area contributed by atoms with E-state index in [0.29, 0.717) is 6.61 Å². The van der Waals surface area contributed by atoms with E-state index in [1.165, 1.54) is 0 Å². The zero-order valence-corrected chi connectivity index (χ0v) is 13.3. The molecular formula is C16H22N2OS. The molecule has 1 heterocycles. The van der Waals surface area contributed by atoms with Crippen molar-refractivity contribution < 1.29 is 4.74 Å². The van der Waals surface area contributed by atoms with Crippen LogP contribution in [0.4, 0.5) is 0 Å². The summed E-state index contributed by atoms with van der Waals surface area (Å²) in [6, 6.07) is 7.86. The molecule has 0 bridgehead atoms. The van der Waals surface area contributed by atoms with Crippen molar-refractivity contribution in [2.45, 2.75) is 45.8 Å². The van der Waals surface area contributed by atoms with Crippen LogP contribution in [0, 0.1) is 0 Å². The molecule has 0 aliphatic carbocycles. The molecule has 0 amide bonds. The minimum atomic E-state index is -0.0346. The molecule has 1 aromatic carbocycles. The minimum absolute atomic E-state index is 0.0346. The van der Waals surface area contributed by atoms with Crippen molar-refractivity contribution in [3.63, 3.8) is 0 Å². The van der Waals surface area contributed by atoms with E-state index in [0.717, 1.165) is 22.0 Å². The Hall–Kier alpha value is -1.39. The average Bonchev–Trinajstić information content (AvgIpc) is 2.85. The SMILES string of the molecule is C[C@@H](N)c1ccccc1OCc1nc(C(C)(C)C)cs1. The Kier molecular flexibility index (Phi) is 4.45. The van der Waals surface area contributed by atoms with E-state index in [-0.39, 0.29) is 11.5 Å². The molecule has 0 saturated heterocycles. The van der Waals surface area contributed by atoms with Crippen LogP contribution >= 0.6 is 11.3 Å². The maximum atomic E-state index is 5.95. The lowest BCUT2D eigenvalue weighted by atomic mass is 9.93. The largest absolute Gasteiger partial charge is 0.486 e. The molecule has 0 saturated carbocycles. The summed E-state index contributed by atoms with van der Waals surface area (Å²) < 4.78 is 5.88. The summed E-state index contributed by atoms with van der Waals surface area (Å²) >= 11 is 1.64. The Bertz CT molecular complexity index is 570. The average molecular weight is 290 g/mol. The van der Waals surface area contributed by atoms with Gasteiger partial charge in [-0.3, -0.25) is 0 Å². The predicted octanol–water partition coefficient (Wildman–Crippen LogP) is 4.04. The van der Waals surface area contributed by atoms with Crippen molar-refractivity contribution in [1.29, 1.82) is 0 Å². The van der Waals surface area contributed by atoms with Gasteiger partial charge in [0.15, 0.2) is 0 Å². The lowest BCUT2D eigenvalue weighted by Gasteiger charge is -2.14. The fraction of sp³-hybridized carbons (Fsp3) is 0.438. The van der Waals surface area contributed by atoms with Crippen LogP contribution in [0.5, 0.6) is 5.75 Å². The minimum Gasteiger partial charge on any atom is -0.486 e. The van der Waals surface area contributed by atoms with Gasteiger partial charge in [-0.2, -0.15) is 0 Å². The molecule has 108 valence electrons. The van der Waals surface area contributed by atoms with Crippen molar-refractivity contribution in [2.75, 3.05) is 0 Å². The summed E-state index contributed by atoms with van der Waals surface area (Å²) in [6.45, 7) is 8.95. The Morgan fingerprint density at radius 3 is 2.60 bits per heavy atom. The Balaban J connectivity index is 2.08. The second-order valence-corrected chi connectivity index (χ2v) is 6.93. The van der Waals surface area contributed by atoms with Gasteiger partial charge in [0.2, 0.25) is 0 Å². The first-order valence-electron chi connectivity index (χ1n) is 6.80. The van der Waals surface area contributed by atoms with E-state index in [1.807, 2.05) is 31.2 Å². The molecule has 3 nitrogen and oxygen atoms in total. The van der Waals surface area contributed by atoms with E-state index < -0.39 is 0 Å². The number of hydrogen-bond donors (Lipinski definition) is 1. The van der Waals surface area contributed by atoms with Crippen molar-refractivity contribution in [2.24, 2.45) is 5.73 Å². The van der Waals surface area contributed by atoms with Crippen molar-refractivity contribution in [1.82, 2.24) is 4.98 Å². The first-order chi connectivity index (χ1) is 9.38. The molecule has 0 spiro atoms. The van der Waals surface area contributed by atoms with Gasteiger partial charge in [-0.25, -0.2) is 4.98 Å². The molecule has 0 aliphatic heterocycles. The van der Waals surface area contributed by atoms with Crippen LogP contribution in [0.3, 0.4) is 0 Å². The van der Waals surface area contributed by atoms with Gasteiger partial charge in [-0.1, -0.05) is 39.0 Å². The fourth-order valence-corrected chi connectivity index (χ4v) is 2.78. The molecule has 1 aromatic heterocycles. The van der Waals surface area contributed by atoms with Gasteiger partial charge >= 0.3 is 0 Å². The van der Waals surface area contributed by atoms with Gasteiger partial charge in [-0.05, 0) is 13.0 Å². The fourth-order valence-electron chi connectivity index (χ4n) is 1.85. The lowest BCUT2D eigenvalue weighted by Crippen LogP contribution is -2.12. The third-order valence-corrected chi connectivity index (χ3v) is 3.90. The third kappa shape index (κ3) is 3.58. The zero-order chi connectivity index (χ0) is 14.8. The predicted molar refractivity (Wildman–Crippen MR) is 84.2 cm³/mol. The topological polar surface area (TPSA) is 48.1 Å². The Morgan fingerprint density at radius 1 is 1.30 bits per heavy atom. The van der Waals surface area contributed by atoms with Crippen LogP contribution in [0.2, 0.25) is 0 Å². The highest BCUT2D eigenvalue weighted by Gasteiger charge is 2.17. The summed E-state index contributed by atoms with van der Waals surface area (Å²) in [5.41, 5.74) is 8.17. The van der Waals surface area contributed by atoms with Crippen LogP contribution < -0.4 is 10.5 Å². The zero-order valence-electron chi connectivity index (χ0n) is 12.5. The Morgan fingerprint density at radius 2 is 2.00 bits per heavy atom. The highest BCUT2D eigenvalue weighted by Crippen LogP contribution is 2.27. The van der Waals surface area contributed by atoms with Gasteiger partial charge in [0.05, 0.1) is 5.69 Å². The number of rotatable bonds is 4. The molecule has 0 radical (unpaired) electrons. The summed E-state index contributed by atoms with van der Waals surface area (Å²) in [7, 11) is 0. The molecule has 0 fully saturated rings. The number of ether oxygens (including phenoxy) is 1. The highest BCUT2D eigenvalue weighted by atomic mass is 32.1. The van der Waals surface area contributed by atoms with E-state index in [4.69, 9.17) is 10.5 Å². The van der Waals surface area contributed by atoms with E-state index in [2.05, 4.69) is 31.1 Å². The third-order valence-electron chi connectivity index (χ3n) is 3.08. The van der Waals surface area contributed by atoms with Crippen LogP contribution in [0.15, 0.2) is 29.6 Å². The summed E-state index contributed by atoms with van der Waals surface area (Å²) in [6.07, 6.45) is 0. The monoisotopic (exact) mass is 290 g/mol. The van der Waals surface area contributed by atoms with Gasteiger partial charge in [0.1, 0.15) is 17.4 Å². The molecule has 0 aliphatic rings. The van der Waals surface area contributed by atoms with Crippen molar-refractivity contribution in [3.8, 4) is 5.75 Å². The highest BCUT2D eigenvalue weighted by molar-refractivity contribution is 7.09. The second kappa shape index (κ2) is 5.94. The molecule has 2 rings (SSSR count). The number of nitrogens with zero attached hydrogens (tertiary/aromatic N) is 1. The molecule has 4 heteroatoms. The van der Waals surface area contributed by atoms with Crippen molar-refractivity contribution in [3.05, 3.63) is 45.9 Å². The van der Waals surface area contributed by atoms with Crippen LogP contribution in [-0.2, 0) is 12.0 Å². The maximum absolute atomic E-state index is 5.95. The summed E-state index contributed by atoms with van der Waals surface area (Å²) in [5, 5.41) is 3.10. The molecule has 1 atom stereocenters. The number of nitrogens with two attached hydrogens (primary N) is 1. The van der Waals surface area contributed by atoms with Gasteiger partial charge in [0, 0.05) is 22.4 Å². The van der Waals surface area contributed by atoms with E-state index in [1.54, 1.807) is 11.3 Å². The maximum Gasteiger partial charge on any atom is 0.140 e. The standard InChI is InChI=1S/C16H22N2OS/c1-11(17)12-7-5-6-8-13(12)19-9-15-18-14(10-20-15)16(2,3)4/h5-8,10-11H,9,17H2,1-4H3/t11-/m1/s1. The van der Waals surface area contributed by atoms with E-state index in [9.17, 15) is 0 Å².